The van der Waals surface area contributed by atoms with Gasteiger partial charge in [-0.2, -0.15) is 0 Å². The number of esters is 4. The van der Waals surface area contributed by atoms with Gasteiger partial charge in [-0.05, 0) is 90.4 Å². The number of benzene rings is 3. The van der Waals surface area contributed by atoms with Gasteiger partial charge in [-0.1, -0.05) is 273 Å². The van der Waals surface area contributed by atoms with E-state index in [1.54, 1.807) is 18.2 Å². The minimum Gasteiger partial charge on any atom is -0.493 e. The Bertz CT molecular complexity index is 2240. The van der Waals surface area contributed by atoms with Crippen LogP contribution in [0.2, 0.25) is 0 Å². The van der Waals surface area contributed by atoms with Crippen molar-refractivity contribution >= 4 is 23.9 Å². The van der Waals surface area contributed by atoms with Gasteiger partial charge in [0.2, 0.25) is 0 Å². The van der Waals surface area contributed by atoms with Gasteiger partial charge in [0.05, 0.1) is 39.6 Å². The van der Waals surface area contributed by atoms with Crippen LogP contribution in [0.3, 0.4) is 0 Å². The molecule has 1 saturated heterocycles. The van der Waals surface area contributed by atoms with Gasteiger partial charge in [0, 0.05) is 23.1 Å². The van der Waals surface area contributed by atoms with Crippen LogP contribution in [0.25, 0.3) is 0 Å². The molecule has 544 valence electrons. The van der Waals surface area contributed by atoms with Crippen molar-refractivity contribution in [1.29, 1.82) is 0 Å². The van der Waals surface area contributed by atoms with E-state index in [1.165, 1.54) is 205 Å². The fourth-order valence-electron chi connectivity index (χ4n) is 12.0. The lowest BCUT2D eigenvalue weighted by molar-refractivity contribution is -0.226. The molecule has 1 aliphatic heterocycles. The third kappa shape index (κ3) is 42.5. The van der Waals surface area contributed by atoms with Crippen molar-refractivity contribution in [3.63, 3.8) is 0 Å². The summed E-state index contributed by atoms with van der Waals surface area (Å²) >= 11 is 0. The van der Waals surface area contributed by atoms with Gasteiger partial charge in [0.25, 0.3) is 0 Å². The Morgan fingerprint density at radius 3 is 0.771 bits per heavy atom. The zero-order chi connectivity index (χ0) is 68.8. The Hall–Kier alpha value is -5.34. The third-order valence-electron chi connectivity index (χ3n) is 17.7. The Labute approximate surface area is 582 Å². The number of carbonyl (C=O) groups is 4. The molecule has 0 N–H and O–H groups in total. The minimum absolute atomic E-state index is 0.0745. The predicted molar refractivity (Wildman–Crippen MR) is 386 cm³/mol. The van der Waals surface area contributed by atoms with Gasteiger partial charge in [-0.15, -0.1) is 0 Å². The number of hydrogen-bond acceptors (Lipinski definition) is 14. The predicted octanol–water partition coefficient (Wildman–Crippen LogP) is 22.3. The standard InChI is InChI=1S/C82H132O14/c1-7-11-15-19-23-27-31-35-39-43-47-87-73-54-70(55-74(58-73)88-48-44-40-36-32-28-24-20-16-12-8-2)64-93-79(85)60-77(83)91-62-68-51-69(53-72(52-68)81-95-66-82(5,6)67-96-81)63-92-78(84)61-80(86)94-65-71-56-75(89-49-45-41-37-33-29-25-21-17-13-9-3)59-76(57-71)90-50-46-42-38-34-30-26-22-18-14-10-4/h51-59,81H,7-50,60-67H2,1-6H3. The molecule has 4 rings (SSSR count). The minimum atomic E-state index is -0.769. The van der Waals surface area contributed by atoms with E-state index in [9.17, 15) is 19.2 Å². The average molecular weight is 1340 g/mol. The molecule has 3 aromatic rings. The first-order valence-electron chi connectivity index (χ1n) is 38.7. The highest BCUT2D eigenvalue weighted by Crippen LogP contribution is 2.33. The fourth-order valence-corrected chi connectivity index (χ4v) is 12.0. The van der Waals surface area contributed by atoms with Crippen LogP contribution in [0.5, 0.6) is 23.0 Å². The van der Waals surface area contributed by atoms with Crippen LogP contribution in [-0.2, 0) is 74.0 Å². The van der Waals surface area contributed by atoms with Crippen LogP contribution in [0.4, 0.5) is 0 Å². The maximum absolute atomic E-state index is 13.2. The van der Waals surface area contributed by atoms with Gasteiger partial charge in [0.1, 0.15) is 62.3 Å². The smallest absolute Gasteiger partial charge is 0.317 e. The fraction of sp³-hybridized carbons (Fsp3) is 0.732. The zero-order valence-corrected chi connectivity index (χ0v) is 61.3. The second-order valence-corrected chi connectivity index (χ2v) is 27.9. The molecule has 96 heavy (non-hydrogen) atoms. The Kier molecular flexibility index (Phi) is 47.2. The summed E-state index contributed by atoms with van der Waals surface area (Å²) in [4.78, 5) is 52.9. The van der Waals surface area contributed by atoms with E-state index in [1.807, 2.05) is 36.4 Å². The maximum atomic E-state index is 13.2. The SMILES string of the molecule is CCCCCCCCCCCCOc1cc(COC(=O)CC(=O)OCc2cc(COC(=O)CC(=O)OCc3cc(OCCCCCCCCCCCC)cc(OCCCCCCCCCCCC)c3)cc(C3OCC(C)(C)CO3)c2)cc(OCCCCCCCCCCCC)c1. The first-order valence-corrected chi connectivity index (χ1v) is 38.7. The van der Waals surface area contributed by atoms with Crippen molar-refractivity contribution in [2.24, 2.45) is 5.41 Å². The van der Waals surface area contributed by atoms with Gasteiger partial charge in [-0.3, -0.25) is 19.2 Å². The van der Waals surface area contributed by atoms with Crippen molar-refractivity contribution in [3.8, 4) is 23.0 Å². The van der Waals surface area contributed by atoms with Gasteiger partial charge < -0.3 is 47.4 Å². The van der Waals surface area contributed by atoms with Gasteiger partial charge in [-0.25, -0.2) is 0 Å². The molecule has 0 atom stereocenters. The van der Waals surface area contributed by atoms with Crippen molar-refractivity contribution in [1.82, 2.24) is 0 Å². The lowest BCUT2D eigenvalue weighted by atomic mass is 9.95. The van der Waals surface area contributed by atoms with Crippen LogP contribution in [0.1, 0.15) is 345 Å². The lowest BCUT2D eigenvalue weighted by Gasteiger charge is -2.35. The molecule has 3 aromatic carbocycles. The topological polar surface area (TPSA) is 161 Å². The monoisotopic (exact) mass is 1340 g/mol. The molecule has 0 radical (unpaired) electrons. The highest BCUT2D eigenvalue weighted by Gasteiger charge is 2.30. The Balaban J connectivity index is 1.29. The molecule has 0 bridgehead atoms. The Morgan fingerprint density at radius 2 is 0.531 bits per heavy atom. The quantitative estimate of drug-likeness (QED) is 0.0227. The van der Waals surface area contributed by atoms with Gasteiger partial charge >= 0.3 is 23.9 Å². The summed E-state index contributed by atoms with van der Waals surface area (Å²) in [5.74, 6) is -0.374. The normalized spacial score (nSPS) is 12.9. The lowest BCUT2D eigenvalue weighted by Crippen LogP contribution is -2.33. The molecule has 0 aromatic heterocycles. The summed E-state index contributed by atoms with van der Waals surface area (Å²) in [7, 11) is 0. The Morgan fingerprint density at radius 1 is 0.312 bits per heavy atom. The third-order valence-corrected chi connectivity index (χ3v) is 17.7. The van der Waals surface area contributed by atoms with Crippen LogP contribution >= 0.6 is 0 Å². The van der Waals surface area contributed by atoms with Crippen LogP contribution in [0, 0.1) is 5.41 Å². The van der Waals surface area contributed by atoms with E-state index >= 15 is 0 Å². The summed E-state index contributed by atoms with van der Waals surface area (Å²) in [6.07, 6.45) is 47.6. The highest BCUT2D eigenvalue weighted by molar-refractivity contribution is 5.91. The van der Waals surface area contributed by atoms with Crippen molar-refractivity contribution < 1.29 is 66.5 Å². The molecular weight excluding hydrogens is 1210 g/mol. The summed E-state index contributed by atoms with van der Waals surface area (Å²) in [5, 5.41) is 0. The number of rotatable bonds is 61. The molecular formula is C82H132O14. The van der Waals surface area contributed by atoms with Crippen LogP contribution in [0.15, 0.2) is 54.6 Å². The van der Waals surface area contributed by atoms with E-state index in [0.717, 1.165) is 51.4 Å². The number of ether oxygens (including phenoxy) is 10. The zero-order valence-electron chi connectivity index (χ0n) is 61.3. The highest BCUT2D eigenvalue weighted by atomic mass is 16.7. The first-order chi connectivity index (χ1) is 46.9. The van der Waals surface area contributed by atoms with Crippen LogP contribution in [-0.4, -0.2) is 63.5 Å². The van der Waals surface area contributed by atoms with Crippen molar-refractivity contribution in [2.45, 2.75) is 344 Å². The summed E-state index contributed by atoms with van der Waals surface area (Å²) in [6, 6.07) is 16.6. The summed E-state index contributed by atoms with van der Waals surface area (Å²) in [6.45, 7) is 15.8. The van der Waals surface area contributed by atoms with Crippen molar-refractivity contribution in [3.05, 3.63) is 82.4 Å². The largest absolute Gasteiger partial charge is 0.493 e. The number of hydrogen-bond donors (Lipinski definition) is 0. The molecule has 14 nitrogen and oxygen atoms in total. The average Bonchev–Trinajstić information content (AvgIpc) is 0.967. The molecule has 0 amide bonds. The van der Waals surface area contributed by atoms with E-state index in [-0.39, 0.29) is 31.8 Å². The molecule has 1 aliphatic rings. The summed E-state index contributed by atoms with van der Waals surface area (Å²) in [5.41, 5.74) is 2.94. The summed E-state index contributed by atoms with van der Waals surface area (Å²) < 4.78 is 59.8. The van der Waals surface area contributed by atoms with Crippen molar-refractivity contribution in [2.75, 3.05) is 39.6 Å². The number of unbranched alkanes of at least 4 members (excludes halogenated alkanes) is 36. The number of carbonyl (C=O) groups excluding carboxylic acids is 4. The molecule has 0 unspecified atom stereocenters. The van der Waals surface area contributed by atoms with E-state index < -0.39 is 43.0 Å². The molecule has 1 heterocycles. The van der Waals surface area contributed by atoms with E-state index in [2.05, 4.69) is 41.5 Å². The molecule has 0 saturated carbocycles. The van der Waals surface area contributed by atoms with Gasteiger partial charge in [0.15, 0.2) is 6.29 Å². The second-order valence-electron chi connectivity index (χ2n) is 27.9. The molecule has 0 spiro atoms. The first kappa shape index (κ1) is 83.1. The van der Waals surface area contributed by atoms with E-state index in [4.69, 9.17) is 47.4 Å². The molecule has 1 fully saturated rings. The second kappa shape index (κ2) is 54.6. The molecule has 14 heteroatoms. The van der Waals surface area contributed by atoms with E-state index in [0.29, 0.717) is 90.5 Å². The maximum Gasteiger partial charge on any atom is 0.317 e. The van der Waals surface area contributed by atoms with Crippen LogP contribution < -0.4 is 18.9 Å². The molecule has 0 aliphatic carbocycles.